The molecule has 2 rings (SSSR count). The maximum Gasteiger partial charge on any atom is 0.112 e. The first kappa shape index (κ1) is 14.2. The van der Waals surface area contributed by atoms with Gasteiger partial charge in [0, 0.05) is 7.92 Å². The highest BCUT2D eigenvalue weighted by atomic mass is 31.1. The molecule has 0 radical (unpaired) electrons. The lowest BCUT2D eigenvalue weighted by molar-refractivity contribution is -0.879. The lowest BCUT2D eigenvalue weighted by Gasteiger charge is -2.37. The van der Waals surface area contributed by atoms with Crippen LogP contribution in [-0.2, 0) is 0 Å². The predicted molar refractivity (Wildman–Crippen MR) is 86.6 cm³/mol. The van der Waals surface area contributed by atoms with Gasteiger partial charge in [-0.25, -0.2) is 0 Å². The highest BCUT2D eigenvalue weighted by Crippen LogP contribution is 2.41. The molecule has 0 aliphatic rings. The van der Waals surface area contributed by atoms with E-state index in [4.69, 9.17) is 0 Å². The van der Waals surface area contributed by atoms with E-state index in [-0.39, 0.29) is 7.92 Å². The topological polar surface area (TPSA) is 0 Å². The first-order valence-electron chi connectivity index (χ1n) is 6.70. The molecular weight excluding hydrogens is 249 g/mol. The van der Waals surface area contributed by atoms with Gasteiger partial charge in [-0.3, -0.25) is 0 Å². The molecule has 0 amide bonds. The molecule has 0 saturated heterocycles. The lowest BCUT2D eigenvalue weighted by Crippen LogP contribution is -2.45. The summed E-state index contributed by atoms with van der Waals surface area (Å²) in [5, 5.41) is 2.92. The zero-order chi connectivity index (χ0) is 13.9. The molecule has 19 heavy (non-hydrogen) atoms. The van der Waals surface area contributed by atoms with Gasteiger partial charge in [0.1, 0.15) is 5.78 Å². The number of nitrogens with zero attached hydrogens (tertiary/aromatic N) is 1. The largest absolute Gasteiger partial charge is 0.325 e. The smallest absolute Gasteiger partial charge is 0.112 e. The van der Waals surface area contributed by atoms with Crippen molar-refractivity contribution >= 4 is 18.5 Å². The zero-order valence-corrected chi connectivity index (χ0v) is 13.1. The molecule has 0 aliphatic carbocycles. The summed E-state index contributed by atoms with van der Waals surface area (Å²) < 4.78 is 0.982. The van der Waals surface area contributed by atoms with Crippen LogP contribution >= 0.6 is 7.92 Å². The third-order valence-electron chi connectivity index (χ3n) is 3.56. The van der Waals surface area contributed by atoms with Gasteiger partial charge in [0.2, 0.25) is 0 Å². The van der Waals surface area contributed by atoms with Crippen LogP contribution < -0.4 is 10.6 Å². The Morgan fingerprint density at radius 2 is 1.11 bits per heavy atom. The van der Waals surface area contributed by atoms with E-state index < -0.39 is 0 Å². The minimum absolute atomic E-state index is 0.328. The summed E-state index contributed by atoms with van der Waals surface area (Å²) in [5.74, 6) is 0.583. The number of hydrogen-bond acceptors (Lipinski definition) is 0. The van der Waals surface area contributed by atoms with Crippen LogP contribution in [0, 0.1) is 0 Å². The Balaban J connectivity index is 2.46. The van der Waals surface area contributed by atoms with E-state index in [0.29, 0.717) is 5.78 Å². The van der Waals surface area contributed by atoms with Crippen LogP contribution in [0.25, 0.3) is 0 Å². The fourth-order valence-electron chi connectivity index (χ4n) is 2.10. The Morgan fingerprint density at radius 1 is 0.737 bits per heavy atom. The maximum absolute atomic E-state index is 2.37. The van der Waals surface area contributed by atoms with Crippen molar-refractivity contribution in [2.45, 2.75) is 12.7 Å². The Bertz CT molecular complexity index is 462. The molecule has 0 bridgehead atoms. The SMILES string of the molecule is CC(P(c1ccccc1)c1ccccc1)[N+](C)(C)C. The summed E-state index contributed by atoms with van der Waals surface area (Å²) in [6.45, 7) is 2.37. The highest BCUT2D eigenvalue weighted by molar-refractivity contribution is 7.73. The summed E-state index contributed by atoms with van der Waals surface area (Å²) >= 11 is 0. The van der Waals surface area contributed by atoms with Crippen LogP contribution in [0.1, 0.15) is 6.92 Å². The highest BCUT2D eigenvalue weighted by Gasteiger charge is 2.30. The third kappa shape index (κ3) is 3.43. The average molecular weight is 272 g/mol. The monoisotopic (exact) mass is 272 g/mol. The number of hydrogen-bond donors (Lipinski definition) is 0. The van der Waals surface area contributed by atoms with E-state index in [9.17, 15) is 0 Å². The van der Waals surface area contributed by atoms with Crippen molar-refractivity contribution in [3.05, 3.63) is 60.7 Å². The molecule has 2 heteroatoms. The van der Waals surface area contributed by atoms with Crippen molar-refractivity contribution < 1.29 is 4.48 Å². The van der Waals surface area contributed by atoms with Crippen LogP contribution in [0.3, 0.4) is 0 Å². The quantitative estimate of drug-likeness (QED) is 0.592. The molecule has 0 aromatic heterocycles. The van der Waals surface area contributed by atoms with Gasteiger partial charge in [-0.1, -0.05) is 60.7 Å². The Labute approximate surface area is 118 Å². The standard InChI is InChI=1S/C17H23NP/c1-15(18(2,3)4)19(16-11-7-5-8-12-16)17-13-9-6-10-14-17/h5-15H,1-4H3/q+1. The molecule has 1 nitrogen and oxygen atoms in total. The molecule has 0 N–H and O–H groups in total. The number of rotatable bonds is 4. The van der Waals surface area contributed by atoms with Crippen LogP contribution in [0.5, 0.6) is 0 Å². The summed E-state index contributed by atoms with van der Waals surface area (Å²) in [7, 11) is 6.52. The second-order valence-electron chi connectivity index (χ2n) is 5.79. The predicted octanol–water partition coefficient (Wildman–Crippen LogP) is 3.17. The molecule has 0 saturated carbocycles. The Morgan fingerprint density at radius 3 is 1.42 bits per heavy atom. The first-order valence-corrected chi connectivity index (χ1v) is 8.11. The Hall–Kier alpha value is -1.17. The average Bonchev–Trinajstić information content (AvgIpc) is 2.40. The van der Waals surface area contributed by atoms with Gasteiger partial charge < -0.3 is 4.48 Å². The molecule has 0 fully saturated rings. The van der Waals surface area contributed by atoms with E-state index in [1.54, 1.807) is 0 Å². The van der Waals surface area contributed by atoms with Crippen molar-refractivity contribution in [1.29, 1.82) is 0 Å². The normalized spacial score (nSPS) is 13.5. The van der Waals surface area contributed by atoms with Crippen molar-refractivity contribution in [2.24, 2.45) is 0 Å². The van der Waals surface area contributed by atoms with Gasteiger partial charge >= 0.3 is 0 Å². The molecule has 1 atom stereocenters. The Kier molecular flexibility index (Phi) is 4.39. The maximum atomic E-state index is 2.37. The second kappa shape index (κ2) is 5.86. The van der Waals surface area contributed by atoms with E-state index in [1.807, 2.05) is 0 Å². The van der Waals surface area contributed by atoms with E-state index in [0.717, 1.165) is 4.48 Å². The van der Waals surface area contributed by atoms with Crippen molar-refractivity contribution in [2.75, 3.05) is 21.1 Å². The van der Waals surface area contributed by atoms with E-state index in [2.05, 4.69) is 88.7 Å². The molecule has 1 unspecified atom stereocenters. The van der Waals surface area contributed by atoms with Gasteiger partial charge in [-0.2, -0.15) is 0 Å². The minimum Gasteiger partial charge on any atom is -0.325 e. The van der Waals surface area contributed by atoms with Crippen LogP contribution in [-0.4, -0.2) is 31.4 Å². The molecule has 100 valence electrons. The fourth-order valence-corrected chi connectivity index (χ4v) is 4.94. The van der Waals surface area contributed by atoms with Gasteiger partial charge in [0.25, 0.3) is 0 Å². The van der Waals surface area contributed by atoms with Crippen LogP contribution in [0.2, 0.25) is 0 Å². The molecular formula is C17H23NP+. The summed E-state index contributed by atoms with van der Waals surface area (Å²) in [6.07, 6.45) is 0. The second-order valence-corrected chi connectivity index (χ2v) is 8.31. The molecule has 0 heterocycles. The fraction of sp³-hybridized carbons (Fsp3) is 0.294. The number of benzene rings is 2. The molecule has 0 spiro atoms. The summed E-state index contributed by atoms with van der Waals surface area (Å²) in [6, 6.07) is 21.9. The van der Waals surface area contributed by atoms with Crippen LogP contribution in [0.4, 0.5) is 0 Å². The van der Waals surface area contributed by atoms with Crippen molar-refractivity contribution in [3.8, 4) is 0 Å². The van der Waals surface area contributed by atoms with Crippen molar-refractivity contribution in [1.82, 2.24) is 0 Å². The van der Waals surface area contributed by atoms with E-state index in [1.165, 1.54) is 10.6 Å². The summed E-state index contributed by atoms with van der Waals surface area (Å²) in [5.41, 5.74) is 0. The minimum atomic E-state index is -0.328. The summed E-state index contributed by atoms with van der Waals surface area (Å²) in [4.78, 5) is 0. The molecule has 2 aromatic carbocycles. The van der Waals surface area contributed by atoms with E-state index >= 15 is 0 Å². The van der Waals surface area contributed by atoms with Gasteiger partial charge in [-0.05, 0) is 17.5 Å². The van der Waals surface area contributed by atoms with Crippen molar-refractivity contribution in [3.63, 3.8) is 0 Å². The lowest BCUT2D eigenvalue weighted by atomic mass is 10.4. The molecule has 0 aliphatic heterocycles. The van der Waals surface area contributed by atoms with Gasteiger partial charge in [0.15, 0.2) is 0 Å². The first-order chi connectivity index (χ1) is 9.00. The zero-order valence-electron chi connectivity index (χ0n) is 12.2. The van der Waals surface area contributed by atoms with Gasteiger partial charge in [-0.15, -0.1) is 0 Å². The molecule has 2 aromatic rings. The van der Waals surface area contributed by atoms with Gasteiger partial charge in [0.05, 0.1) is 21.1 Å². The van der Waals surface area contributed by atoms with Crippen LogP contribution in [0.15, 0.2) is 60.7 Å². The number of quaternary nitrogens is 1. The third-order valence-corrected chi connectivity index (χ3v) is 6.71.